The number of rotatable bonds is 13. The van der Waals surface area contributed by atoms with Gasteiger partial charge in [-0.05, 0) is 48.1 Å². The van der Waals surface area contributed by atoms with Crippen molar-refractivity contribution in [3.05, 3.63) is 63.7 Å². The Morgan fingerprint density at radius 1 is 0.897 bits per heavy atom. The number of aryl methyl sites for hydroxylation is 1. The third-order valence-electron chi connectivity index (χ3n) is 7.31. The Bertz CT molecular complexity index is 1080. The van der Waals surface area contributed by atoms with E-state index >= 15 is 0 Å². The van der Waals surface area contributed by atoms with E-state index in [1.807, 2.05) is 24.3 Å². The van der Waals surface area contributed by atoms with Crippen LogP contribution in [0.3, 0.4) is 0 Å². The standard InChI is InChI=1S/C28H37ClO10/c29-21-10-22(35)20(27-26(38)25(37)24(36)23(12-30)39-27)9-18(21)8-17-6-4-16(5-7-17)2-1-3-19(34)11-28(13-31,14-32)15-33/h4-7,9-10,23-27,30-33,35-38H,1-3,8,11-15H2/t23-,24-,25+,26-,27+/m1/s1. The van der Waals surface area contributed by atoms with Crippen LogP contribution in [-0.4, -0.2) is 97.5 Å². The number of hydrogen-bond acceptors (Lipinski definition) is 10. The first-order valence-corrected chi connectivity index (χ1v) is 13.2. The molecular formula is C28H37ClO10. The van der Waals surface area contributed by atoms with Crippen molar-refractivity contribution in [3.63, 3.8) is 0 Å². The molecule has 1 fully saturated rings. The highest BCUT2D eigenvalue weighted by molar-refractivity contribution is 6.31. The number of hydrogen-bond donors (Lipinski definition) is 8. The second-order valence-electron chi connectivity index (χ2n) is 10.3. The topological polar surface area (TPSA) is 188 Å². The van der Waals surface area contributed by atoms with E-state index in [9.17, 15) is 45.6 Å². The van der Waals surface area contributed by atoms with E-state index in [1.165, 1.54) is 6.07 Å². The number of halogens is 1. The third kappa shape index (κ3) is 7.55. The number of Topliss-reactive ketones (excluding diaryl/α,β-unsaturated/α-hetero) is 1. The fraction of sp³-hybridized carbons (Fsp3) is 0.536. The van der Waals surface area contributed by atoms with Gasteiger partial charge in [0.2, 0.25) is 0 Å². The van der Waals surface area contributed by atoms with Gasteiger partial charge in [-0.1, -0.05) is 35.9 Å². The molecule has 1 aliphatic rings. The quantitative estimate of drug-likeness (QED) is 0.168. The van der Waals surface area contributed by atoms with Crippen LogP contribution < -0.4 is 0 Å². The number of aromatic hydroxyl groups is 1. The smallest absolute Gasteiger partial charge is 0.133 e. The van der Waals surface area contributed by atoms with Gasteiger partial charge in [0.25, 0.3) is 0 Å². The van der Waals surface area contributed by atoms with Crippen LogP contribution in [0.4, 0.5) is 0 Å². The zero-order valence-corrected chi connectivity index (χ0v) is 22.2. The number of carbonyl (C=O) groups is 1. The molecule has 5 atom stereocenters. The molecule has 2 aromatic rings. The van der Waals surface area contributed by atoms with Crippen molar-refractivity contribution in [2.45, 2.75) is 62.6 Å². The molecule has 0 unspecified atom stereocenters. The first-order chi connectivity index (χ1) is 18.6. The lowest BCUT2D eigenvalue weighted by molar-refractivity contribution is -0.232. The van der Waals surface area contributed by atoms with Crippen molar-refractivity contribution in [3.8, 4) is 5.75 Å². The van der Waals surface area contributed by atoms with Crippen LogP contribution in [-0.2, 0) is 22.4 Å². The number of carbonyl (C=O) groups excluding carboxylic acids is 1. The molecule has 8 N–H and O–H groups in total. The van der Waals surface area contributed by atoms with Gasteiger partial charge in [0.15, 0.2) is 0 Å². The largest absolute Gasteiger partial charge is 0.508 e. The number of benzene rings is 2. The summed E-state index contributed by atoms with van der Waals surface area (Å²) in [7, 11) is 0. The van der Waals surface area contributed by atoms with E-state index in [0.29, 0.717) is 24.8 Å². The maximum absolute atomic E-state index is 12.2. The van der Waals surface area contributed by atoms with Gasteiger partial charge >= 0.3 is 0 Å². The normalized spacial score (nSPS) is 23.6. The average molecular weight is 569 g/mol. The molecule has 0 aromatic heterocycles. The Kier molecular flexibility index (Phi) is 11.3. The molecule has 0 aliphatic carbocycles. The summed E-state index contributed by atoms with van der Waals surface area (Å²) < 4.78 is 5.58. The zero-order chi connectivity index (χ0) is 28.7. The summed E-state index contributed by atoms with van der Waals surface area (Å²) in [5, 5.41) is 79.0. The minimum absolute atomic E-state index is 0.0893. The monoisotopic (exact) mass is 568 g/mol. The van der Waals surface area contributed by atoms with E-state index in [4.69, 9.17) is 16.3 Å². The van der Waals surface area contributed by atoms with E-state index in [2.05, 4.69) is 0 Å². The molecule has 0 spiro atoms. The van der Waals surface area contributed by atoms with Gasteiger partial charge in [0, 0.05) is 28.8 Å². The highest BCUT2D eigenvalue weighted by Crippen LogP contribution is 2.39. The molecule has 1 aliphatic heterocycles. The molecule has 0 bridgehead atoms. The van der Waals surface area contributed by atoms with Crippen LogP contribution in [0.15, 0.2) is 36.4 Å². The summed E-state index contributed by atoms with van der Waals surface area (Å²) in [4.78, 5) is 12.2. The Labute approximate surface area is 231 Å². The van der Waals surface area contributed by atoms with Crippen LogP contribution >= 0.6 is 11.6 Å². The minimum Gasteiger partial charge on any atom is -0.508 e. The number of phenolic OH excluding ortho intramolecular Hbond substituents is 1. The van der Waals surface area contributed by atoms with Crippen molar-refractivity contribution in [2.24, 2.45) is 5.41 Å². The summed E-state index contributed by atoms with van der Waals surface area (Å²) in [5.41, 5.74) is 1.50. The Morgan fingerprint density at radius 2 is 1.51 bits per heavy atom. The molecule has 39 heavy (non-hydrogen) atoms. The van der Waals surface area contributed by atoms with E-state index in [0.717, 1.165) is 11.1 Å². The van der Waals surface area contributed by atoms with Gasteiger partial charge in [0.1, 0.15) is 42.1 Å². The number of ether oxygens (including phenoxy) is 1. The molecule has 2 aromatic carbocycles. The zero-order valence-electron chi connectivity index (χ0n) is 21.5. The lowest BCUT2D eigenvalue weighted by atomic mass is 9.84. The average Bonchev–Trinajstić information content (AvgIpc) is 2.93. The highest BCUT2D eigenvalue weighted by atomic mass is 35.5. The molecule has 1 heterocycles. The summed E-state index contributed by atoms with van der Waals surface area (Å²) in [6.07, 6.45) is -5.18. The van der Waals surface area contributed by atoms with Crippen molar-refractivity contribution < 1.29 is 50.4 Å². The predicted octanol–water partition coefficient (Wildman–Crippen LogP) is 0.396. The lowest BCUT2D eigenvalue weighted by Crippen LogP contribution is -2.55. The summed E-state index contributed by atoms with van der Waals surface area (Å²) in [6.45, 7) is -2.00. The molecular weight excluding hydrogens is 532 g/mol. The van der Waals surface area contributed by atoms with Gasteiger partial charge in [-0.15, -0.1) is 0 Å². The highest BCUT2D eigenvalue weighted by Gasteiger charge is 2.44. The number of phenols is 1. The second kappa shape index (κ2) is 14.0. The van der Waals surface area contributed by atoms with Gasteiger partial charge < -0.3 is 45.6 Å². The van der Waals surface area contributed by atoms with E-state index in [1.54, 1.807) is 6.07 Å². The Morgan fingerprint density at radius 3 is 2.10 bits per heavy atom. The van der Waals surface area contributed by atoms with Crippen molar-refractivity contribution in [1.82, 2.24) is 0 Å². The van der Waals surface area contributed by atoms with Gasteiger partial charge in [-0.25, -0.2) is 0 Å². The van der Waals surface area contributed by atoms with Crippen molar-refractivity contribution in [1.29, 1.82) is 0 Å². The molecule has 0 amide bonds. The first-order valence-electron chi connectivity index (χ1n) is 12.8. The van der Waals surface area contributed by atoms with Crippen LogP contribution in [0.25, 0.3) is 0 Å². The van der Waals surface area contributed by atoms with Crippen LogP contribution in [0.1, 0.15) is 47.6 Å². The molecule has 0 saturated carbocycles. The third-order valence-corrected chi connectivity index (χ3v) is 7.66. The molecule has 1 saturated heterocycles. The number of ketones is 1. The SMILES string of the molecule is O=C(CCCc1ccc(Cc2cc([C@@H]3O[C@H](CO)[C@@H](O)[C@H](O)[C@H]3O)c(O)cc2Cl)cc1)CC(CO)(CO)CO. The van der Waals surface area contributed by atoms with Crippen LogP contribution in [0, 0.1) is 5.41 Å². The van der Waals surface area contributed by atoms with E-state index in [-0.39, 0.29) is 35.0 Å². The van der Waals surface area contributed by atoms with Gasteiger partial charge in [-0.3, -0.25) is 4.79 Å². The van der Waals surface area contributed by atoms with Crippen LogP contribution in [0.2, 0.25) is 5.02 Å². The van der Waals surface area contributed by atoms with Crippen molar-refractivity contribution >= 4 is 17.4 Å². The first kappa shape index (κ1) is 31.4. The Hall–Kier alpha value is -2.12. The fourth-order valence-electron chi connectivity index (χ4n) is 4.71. The van der Waals surface area contributed by atoms with Crippen LogP contribution in [0.5, 0.6) is 5.75 Å². The predicted molar refractivity (Wildman–Crippen MR) is 141 cm³/mol. The second-order valence-corrected chi connectivity index (χ2v) is 10.7. The molecule has 0 radical (unpaired) electrons. The maximum atomic E-state index is 12.2. The summed E-state index contributed by atoms with van der Waals surface area (Å²) >= 11 is 6.37. The lowest BCUT2D eigenvalue weighted by Gasteiger charge is -2.40. The Balaban J connectivity index is 1.64. The minimum atomic E-state index is -1.58. The maximum Gasteiger partial charge on any atom is 0.133 e. The van der Waals surface area contributed by atoms with Gasteiger partial charge in [0.05, 0.1) is 26.4 Å². The van der Waals surface area contributed by atoms with Gasteiger partial charge in [-0.2, -0.15) is 0 Å². The van der Waals surface area contributed by atoms with E-state index < -0.39 is 62.4 Å². The molecule has 11 heteroatoms. The molecule has 10 nitrogen and oxygen atoms in total. The molecule has 216 valence electrons. The molecule has 3 rings (SSSR count). The fourth-order valence-corrected chi connectivity index (χ4v) is 4.93. The summed E-state index contributed by atoms with van der Waals surface area (Å²) in [6, 6.07) is 10.5. The number of aliphatic hydroxyl groups is 7. The summed E-state index contributed by atoms with van der Waals surface area (Å²) in [5.74, 6) is -0.395. The number of aliphatic hydroxyl groups excluding tert-OH is 7. The van der Waals surface area contributed by atoms with Crippen molar-refractivity contribution in [2.75, 3.05) is 26.4 Å².